The highest BCUT2D eigenvalue weighted by Crippen LogP contribution is 2.42. The molecule has 1 aliphatic rings. The second-order valence-corrected chi connectivity index (χ2v) is 8.30. The predicted molar refractivity (Wildman–Crippen MR) is 124 cm³/mol. The number of nitrogens with zero attached hydrogens (tertiary/aromatic N) is 4. The van der Waals surface area contributed by atoms with E-state index in [1.54, 1.807) is 11.6 Å². The van der Waals surface area contributed by atoms with Crippen LogP contribution in [-0.2, 0) is 7.05 Å². The van der Waals surface area contributed by atoms with Gasteiger partial charge >= 0.3 is 0 Å². The van der Waals surface area contributed by atoms with E-state index in [1.165, 1.54) is 19.1 Å². The Morgan fingerprint density at radius 1 is 1.09 bits per heavy atom. The van der Waals surface area contributed by atoms with E-state index in [4.69, 9.17) is 14.1 Å². The van der Waals surface area contributed by atoms with Gasteiger partial charge in [0.2, 0.25) is 11.7 Å². The van der Waals surface area contributed by atoms with Crippen molar-refractivity contribution in [2.45, 2.75) is 25.3 Å². The summed E-state index contributed by atoms with van der Waals surface area (Å²) >= 11 is 0. The van der Waals surface area contributed by atoms with Gasteiger partial charge in [0.05, 0.1) is 13.2 Å². The smallest absolute Gasteiger partial charge is 0.297 e. The maximum absolute atomic E-state index is 13.2. The second-order valence-electron chi connectivity index (χ2n) is 8.30. The number of hydrogen-bond acceptors (Lipinski definition) is 6. The number of fused-ring (bicyclic) bond motifs is 1. The lowest BCUT2D eigenvalue weighted by Gasteiger charge is -2.40. The molecule has 7 heteroatoms. The number of methoxy groups -OCH3 is 1. The molecule has 0 unspecified atom stereocenters. The molecule has 2 aromatic carbocycles. The number of aromatic nitrogens is 3. The summed E-state index contributed by atoms with van der Waals surface area (Å²) < 4.78 is 12.9. The van der Waals surface area contributed by atoms with E-state index in [-0.39, 0.29) is 23.2 Å². The Morgan fingerprint density at radius 2 is 1.81 bits per heavy atom. The van der Waals surface area contributed by atoms with E-state index in [1.807, 2.05) is 37.4 Å². The van der Waals surface area contributed by atoms with Crippen molar-refractivity contribution in [3.63, 3.8) is 0 Å². The summed E-state index contributed by atoms with van der Waals surface area (Å²) in [4.78, 5) is 24.8. The molecule has 0 bridgehead atoms. The SMILES string of the molecule is COc1c(-c2nc3ccccc3o2)nc(N(C)[C@H](c2ccccc2)C2CCC2)n(C)c1=O. The first-order valence-electron chi connectivity index (χ1n) is 10.9. The van der Waals surface area contributed by atoms with Crippen molar-refractivity contribution in [3.05, 3.63) is 70.5 Å². The topological polar surface area (TPSA) is 73.4 Å². The number of benzene rings is 2. The molecule has 164 valence electrons. The van der Waals surface area contributed by atoms with Gasteiger partial charge in [-0.1, -0.05) is 48.9 Å². The molecule has 0 saturated heterocycles. The lowest BCUT2D eigenvalue weighted by atomic mass is 9.76. The van der Waals surface area contributed by atoms with Crippen LogP contribution >= 0.6 is 0 Å². The summed E-state index contributed by atoms with van der Waals surface area (Å²) in [6.07, 6.45) is 3.54. The fourth-order valence-corrected chi connectivity index (χ4v) is 4.53. The van der Waals surface area contributed by atoms with E-state index >= 15 is 0 Å². The van der Waals surface area contributed by atoms with Crippen LogP contribution in [0.1, 0.15) is 30.9 Å². The zero-order valence-corrected chi connectivity index (χ0v) is 18.5. The summed E-state index contributed by atoms with van der Waals surface area (Å²) in [5.74, 6) is 1.45. The van der Waals surface area contributed by atoms with Crippen LogP contribution in [0.15, 0.2) is 63.8 Å². The van der Waals surface area contributed by atoms with Gasteiger partial charge in [0, 0.05) is 14.1 Å². The Kier molecular flexibility index (Phi) is 5.17. The van der Waals surface area contributed by atoms with Crippen molar-refractivity contribution in [2.24, 2.45) is 13.0 Å². The predicted octanol–water partition coefficient (Wildman–Crippen LogP) is 4.57. The van der Waals surface area contributed by atoms with Crippen LogP contribution in [0.4, 0.5) is 5.95 Å². The van der Waals surface area contributed by atoms with E-state index in [0.717, 1.165) is 12.8 Å². The molecule has 2 heterocycles. The average Bonchev–Trinajstić information content (AvgIpc) is 3.22. The molecule has 0 spiro atoms. The van der Waals surface area contributed by atoms with Crippen LogP contribution in [0.3, 0.4) is 0 Å². The maximum Gasteiger partial charge on any atom is 0.297 e. The van der Waals surface area contributed by atoms with Crippen LogP contribution in [0.2, 0.25) is 0 Å². The van der Waals surface area contributed by atoms with Gasteiger partial charge in [-0.25, -0.2) is 9.97 Å². The monoisotopic (exact) mass is 430 g/mol. The highest BCUT2D eigenvalue weighted by Gasteiger charge is 2.34. The van der Waals surface area contributed by atoms with Crippen molar-refractivity contribution in [1.82, 2.24) is 14.5 Å². The zero-order chi connectivity index (χ0) is 22.2. The first kappa shape index (κ1) is 20.3. The van der Waals surface area contributed by atoms with E-state index in [9.17, 15) is 4.79 Å². The van der Waals surface area contributed by atoms with Gasteiger partial charge in [-0.2, -0.15) is 0 Å². The van der Waals surface area contributed by atoms with E-state index < -0.39 is 0 Å². The normalized spacial score (nSPS) is 14.8. The van der Waals surface area contributed by atoms with E-state index in [0.29, 0.717) is 28.7 Å². The molecule has 5 rings (SSSR count). The summed E-state index contributed by atoms with van der Waals surface area (Å²) in [6, 6.07) is 18.0. The molecule has 32 heavy (non-hydrogen) atoms. The molecular weight excluding hydrogens is 404 g/mol. The number of ether oxygens (including phenoxy) is 1. The molecule has 0 amide bonds. The average molecular weight is 431 g/mol. The third-order valence-corrected chi connectivity index (χ3v) is 6.40. The third-order valence-electron chi connectivity index (χ3n) is 6.40. The lowest BCUT2D eigenvalue weighted by molar-refractivity contribution is 0.256. The summed E-state index contributed by atoms with van der Waals surface area (Å²) in [5.41, 5.74) is 2.60. The van der Waals surface area contributed by atoms with Crippen molar-refractivity contribution < 1.29 is 9.15 Å². The van der Waals surface area contributed by atoms with Gasteiger partial charge < -0.3 is 14.1 Å². The van der Waals surface area contributed by atoms with Gasteiger partial charge in [0.25, 0.3) is 11.4 Å². The standard InChI is InChI=1S/C25H26N4O3/c1-28(21(17-12-9-13-17)16-10-5-4-6-11-16)25-27-20(22(31-3)24(30)29(25)2)23-26-18-14-7-8-15-19(18)32-23/h4-8,10-11,14-15,17,21H,9,12-13H2,1-3H3/t21-/m1/s1. The zero-order valence-electron chi connectivity index (χ0n) is 18.5. The number of hydrogen-bond donors (Lipinski definition) is 0. The molecule has 1 saturated carbocycles. The quantitative estimate of drug-likeness (QED) is 0.446. The van der Waals surface area contributed by atoms with Crippen LogP contribution in [0.25, 0.3) is 22.7 Å². The van der Waals surface area contributed by atoms with Gasteiger partial charge in [0.15, 0.2) is 11.3 Å². The molecule has 1 atom stereocenters. The molecule has 1 fully saturated rings. The summed E-state index contributed by atoms with van der Waals surface area (Å²) in [6.45, 7) is 0. The Hall–Kier alpha value is -3.61. The summed E-state index contributed by atoms with van der Waals surface area (Å²) in [7, 11) is 5.19. The first-order valence-corrected chi connectivity index (χ1v) is 10.9. The first-order chi connectivity index (χ1) is 15.6. The third kappa shape index (κ3) is 3.34. The molecule has 1 aliphatic carbocycles. The van der Waals surface area contributed by atoms with Gasteiger partial charge in [-0.05, 0) is 36.5 Å². The van der Waals surface area contributed by atoms with Crippen LogP contribution in [0, 0.1) is 5.92 Å². The highest BCUT2D eigenvalue weighted by molar-refractivity contribution is 5.76. The molecule has 4 aromatic rings. The highest BCUT2D eigenvalue weighted by atomic mass is 16.5. The summed E-state index contributed by atoms with van der Waals surface area (Å²) in [5, 5.41) is 0. The Balaban J connectivity index is 1.66. The van der Waals surface area contributed by atoms with Crippen LogP contribution in [-0.4, -0.2) is 28.7 Å². The van der Waals surface area contributed by atoms with Crippen molar-refractivity contribution in [3.8, 4) is 17.3 Å². The molecular formula is C25H26N4O3. The fourth-order valence-electron chi connectivity index (χ4n) is 4.53. The molecule has 0 aliphatic heterocycles. The maximum atomic E-state index is 13.2. The van der Waals surface area contributed by atoms with Crippen molar-refractivity contribution >= 4 is 17.0 Å². The Morgan fingerprint density at radius 3 is 2.47 bits per heavy atom. The van der Waals surface area contributed by atoms with Gasteiger partial charge in [-0.3, -0.25) is 9.36 Å². The minimum absolute atomic E-state index is 0.118. The number of oxazole rings is 1. The van der Waals surface area contributed by atoms with Gasteiger partial charge in [-0.15, -0.1) is 0 Å². The lowest BCUT2D eigenvalue weighted by Crippen LogP contribution is -2.38. The van der Waals surface area contributed by atoms with Crippen molar-refractivity contribution in [2.75, 3.05) is 19.1 Å². The number of para-hydroxylation sites is 2. The van der Waals surface area contributed by atoms with Crippen molar-refractivity contribution in [1.29, 1.82) is 0 Å². The van der Waals surface area contributed by atoms with E-state index in [2.05, 4.69) is 34.1 Å². The number of rotatable bonds is 6. The minimum atomic E-state index is -0.276. The molecule has 0 radical (unpaired) electrons. The molecule has 0 N–H and O–H groups in total. The van der Waals surface area contributed by atoms with Gasteiger partial charge in [0.1, 0.15) is 5.52 Å². The Labute approximate surface area is 186 Å². The number of anilines is 1. The second kappa shape index (κ2) is 8.15. The largest absolute Gasteiger partial charge is 0.489 e. The fraction of sp³-hybridized carbons (Fsp3) is 0.320. The molecule has 7 nitrogen and oxygen atoms in total. The minimum Gasteiger partial charge on any atom is -0.489 e. The van der Waals surface area contributed by atoms with Crippen LogP contribution in [0.5, 0.6) is 5.75 Å². The molecule has 2 aromatic heterocycles. The Bertz CT molecular complexity index is 1280. The van der Waals surface area contributed by atoms with Crippen LogP contribution < -0.4 is 15.2 Å².